The molecule has 0 spiro atoms. The van der Waals surface area contributed by atoms with Crippen molar-refractivity contribution in [3.8, 4) is 11.8 Å². The minimum absolute atomic E-state index is 0.292. The lowest BCUT2D eigenvalue weighted by atomic mass is 9.77. The minimum Gasteiger partial charge on any atom is -0.487 e. The molecule has 1 heterocycles. The van der Waals surface area contributed by atoms with Gasteiger partial charge in [-0.25, -0.2) is 4.79 Å². The Morgan fingerprint density at radius 1 is 1.23 bits per heavy atom. The molecule has 2 aromatic carbocycles. The van der Waals surface area contributed by atoms with Gasteiger partial charge in [0.2, 0.25) is 0 Å². The van der Waals surface area contributed by atoms with E-state index in [0.29, 0.717) is 46.4 Å². The number of halogens is 1. The highest BCUT2D eigenvalue weighted by molar-refractivity contribution is 6.32. The van der Waals surface area contributed by atoms with Gasteiger partial charge in [0.25, 0.3) is 0 Å². The van der Waals surface area contributed by atoms with E-state index in [1.54, 1.807) is 19.1 Å². The summed E-state index contributed by atoms with van der Waals surface area (Å²) in [6.45, 7) is 2.02. The van der Waals surface area contributed by atoms with Gasteiger partial charge in [-0.05, 0) is 41.8 Å². The van der Waals surface area contributed by atoms with Gasteiger partial charge in [0.15, 0.2) is 0 Å². The number of benzene rings is 2. The molecule has 0 aliphatic heterocycles. The largest absolute Gasteiger partial charge is 0.487 e. The van der Waals surface area contributed by atoms with Crippen LogP contribution in [0.25, 0.3) is 0 Å². The fraction of sp³-hybridized carbons (Fsp3) is 0.167. The van der Waals surface area contributed by atoms with E-state index in [9.17, 15) is 10.1 Å². The van der Waals surface area contributed by atoms with E-state index in [-0.39, 0.29) is 0 Å². The van der Waals surface area contributed by atoms with Gasteiger partial charge in [0.1, 0.15) is 18.1 Å². The van der Waals surface area contributed by atoms with Crippen LogP contribution in [0.4, 0.5) is 0 Å². The molecule has 0 saturated carbocycles. The van der Waals surface area contributed by atoms with Crippen LogP contribution in [0.2, 0.25) is 5.02 Å². The summed E-state index contributed by atoms with van der Waals surface area (Å²) >= 11 is 6.16. The average Bonchev–Trinajstić information content (AvgIpc) is 2.72. The molecule has 0 fully saturated rings. The highest BCUT2D eigenvalue weighted by atomic mass is 35.5. The molecule has 0 bridgehead atoms. The molecule has 4 rings (SSSR count). The van der Waals surface area contributed by atoms with Gasteiger partial charge in [-0.3, -0.25) is 0 Å². The number of nitrogens with two attached hydrogens (primary N) is 1. The second-order valence-corrected chi connectivity index (χ2v) is 7.62. The number of hydrogen-bond acceptors (Lipinski definition) is 5. The SMILES string of the molecule is Cc1cc2c(c(=O)o1)[C@@H](c1cccc(COc3ccccc3Cl)c1)C(C#N)=C(N)C2. The quantitative estimate of drug-likeness (QED) is 0.668. The zero-order valence-electron chi connectivity index (χ0n) is 16.3. The number of nitrogens with zero attached hydrogens (tertiary/aromatic N) is 1. The van der Waals surface area contributed by atoms with Gasteiger partial charge in [-0.1, -0.05) is 48.0 Å². The molecule has 3 aromatic rings. The summed E-state index contributed by atoms with van der Waals surface area (Å²) in [6.07, 6.45) is 0.358. The fourth-order valence-electron chi connectivity index (χ4n) is 3.82. The highest BCUT2D eigenvalue weighted by Crippen LogP contribution is 2.38. The number of allylic oxidation sites excluding steroid dienone is 2. The summed E-state index contributed by atoms with van der Waals surface area (Å²) in [5.74, 6) is 0.536. The zero-order chi connectivity index (χ0) is 21.3. The van der Waals surface area contributed by atoms with Gasteiger partial charge < -0.3 is 14.9 Å². The second-order valence-electron chi connectivity index (χ2n) is 7.21. The normalized spacial score (nSPS) is 15.4. The van der Waals surface area contributed by atoms with Crippen molar-refractivity contribution in [2.24, 2.45) is 5.73 Å². The predicted octanol–water partition coefficient (Wildman–Crippen LogP) is 4.61. The molecule has 0 unspecified atom stereocenters. The van der Waals surface area contributed by atoms with Gasteiger partial charge in [-0.2, -0.15) is 5.26 Å². The maximum atomic E-state index is 12.7. The maximum absolute atomic E-state index is 12.7. The van der Waals surface area contributed by atoms with Crippen molar-refractivity contribution in [1.29, 1.82) is 5.26 Å². The third-order valence-corrected chi connectivity index (χ3v) is 5.45. The topological polar surface area (TPSA) is 89.2 Å². The molecule has 0 amide bonds. The van der Waals surface area contributed by atoms with Crippen molar-refractivity contribution in [3.05, 3.63) is 109 Å². The predicted molar refractivity (Wildman–Crippen MR) is 114 cm³/mol. The molecule has 0 saturated heterocycles. The summed E-state index contributed by atoms with van der Waals surface area (Å²) in [5.41, 5.74) is 9.55. The Hall–Kier alpha value is -3.49. The van der Waals surface area contributed by atoms with Crippen molar-refractivity contribution in [3.63, 3.8) is 0 Å². The van der Waals surface area contributed by atoms with Crippen LogP contribution in [0.1, 0.15) is 33.9 Å². The van der Waals surface area contributed by atoms with E-state index >= 15 is 0 Å². The molecular formula is C24H19ClN2O3. The Morgan fingerprint density at radius 3 is 2.80 bits per heavy atom. The Bertz CT molecular complexity index is 1250. The number of ether oxygens (including phenoxy) is 1. The van der Waals surface area contributed by atoms with Crippen LogP contribution < -0.4 is 16.1 Å². The molecule has 1 aliphatic carbocycles. The van der Waals surface area contributed by atoms with Crippen LogP contribution in [0.3, 0.4) is 0 Å². The van der Waals surface area contributed by atoms with Crippen LogP contribution in [0, 0.1) is 18.3 Å². The van der Waals surface area contributed by atoms with Crippen molar-refractivity contribution in [1.82, 2.24) is 0 Å². The molecule has 30 heavy (non-hydrogen) atoms. The summed E-state index contributed by atoms with van der Waals surface area (Å²) in [5, 5.41) is 10.3. The van der Waals surface area contributed by atoms with E-state index in [2.05, 4.69) is 6.07 Å². The molecule has 5 nitrogen and oxygen atoms in total. The van der Waals surface area contributed by atoms with Crippen LogP contribution in [0.15, 0.2) is 75.1 Å². The summed E-state index contributed by atoms with van der Waals surface area (Å²) < 4.78 is 11.2. The van der Waals surface area contributed by atoms with Crippen LogP contribution in [-0.2, 0) is 13.0 Å². The standard InChI is InChI=1S/C24H19ClN2O3/c1-14-9-17-11-20(27)18(12-26)22(23(17)24(28)30-14)16-6-4-5-15(10-16)13-29-21-8-3-2-7-19(21)25/h2-10,22H,11,13,27H2,1H3/t22-/m0/s1. The van der Waals surface area contributed by atoms with E-state index in [0.717, 1.165) is 16.7 Å². The van der Waals surface area contributed by atoms with Crippen LogP contribution in [0.5, 0.6) is 5.75 Å². The van der Waals surface area contributed by atoms with Crippen LogP contribution in [-0.4, -0.2) is 0 Å². The average molecular weight is 419 g/mol. The van der Waals surface area contributed by atoms with Gasteiger partial charge in [-0.15, -0.1) is 0 Å². The number of rotatable bonds is 4. The van der Waals surface area contributed by atoms with E-state index < -0.39 is 11.5 Å². The highest BCUT2D eigenvalue weighted by Gasteiger charge is 2.32. The number of para-hydroxylation sites is 1. The van der Waals surface area contributed by atoms with Gasteiger partial charge in [0, 0.05) is 12.1 Å². The summed E-state index contributed by atoms with van der Waals surface area (Å²) in [4.78, 5) is 12.7. The third-order valence-electron chi connectivity index (χ3n) is 5.14. The Morgan fingerprint density at radius 2 is 2.03 bits per heavy atom. The third kappa shape index (κ3) is 3.70. The molecule has 2 N–H and O–H groups in total. The van der Waals surface area contributed by atoms with Gasteiger partial charge in [0.05, 0.1) is 28.1 Å². The van der Waals surface area contributed by atoms with Crippen LogP contribution >= 0.6 is 11.6 Å². The first-order chi connectivity index (χ1) is 14.5. The first-order valence-electron chi connectivity index (χ1n) is 9.46. The molecular weight excluding hydrogens is 400 g/mol. The van der Waals surface area contributed by atoms with E-state index in [1.807, 2.05) is 42.5 Å². The molecule has 1 aromatic heterocycles. The first kappa shape index (κ1) is 19.8. The van der Waals surface area contributed by atoms with Gasteiger partial charge >= 0.3 is 5.63 Å². The number of aryl methyl sites for hydroxylation is 1. The maximum Gasteiger partial charge on any atom is 0.340 e. The van der Waals surface area contributed by atoms with Crippen molar-refractivity contribution < 1.29 is 9.15 Å². The molecule has 150 valence electrons. The number of hydrogen-bond donors (Lipinski definition) is 1. The Balaban J connectivity index is 1.73. The molecule has 6 heteroatoms. The Labute approximate surface area is 179 Å². The first-order valence-corrected chi connectivity index (χ1v) is 9.84. The zero-order valence-corrected chi connectivity index (χ0v) is 17.1. The fourth-order valence-corrected chi connectivity index (χ4v) is 4.01. The van der Waals surface area contributed by atoms with Crippen molar-refractivity contribution in [2.75, 3.05) is 0 Å². The monoisotopic (exact) mass is 418 g/mol. The molecule has 0 radical (unpaired) electrons. The summed E-state index contributed by atoms with van der Waals surface area (Å²) in [6, 6.07) is 18.8. The lowest BCUT2D eigenvalue weighted by Crippen LogP contribution is -2.26. The van der Waals surface area contributed by atoms with Crippen molar-refractivity contribution >= 4 is 11.6 Å². The van der Waals surface area contributed by atoms with Crippen molar-refractivity contribution in [2.45, 2.75) is 25.9 Å². The van der Waals surface area contributed by atoms with E-state index in [1.165, 1.54) is 0 Å². The minimum atomic E-state index is -0.573. The number of fused-ring (bicyclic) bond motifs is 1. The summed E-state index contributed by atoms with van der Waals surface area (Å²) in [7, 11) is 0. The lowest BCUT2D eigenvalue weighted by Gasteiger charge is -2.26. The molecule has 1 aliphatic rings. The lowest BCUT2D eigenvalue weighted by molar-refractivity contribution is 0.306. The van der Waals surface area contributed by atoms with E-state index in [4.69, 9.17) is 26.5 Å². The number of nitriles is 1. The molecule has 1 atom stereocenters. The second kappa shape index (κ2) is 8.10. The smallest absolute Gasteiger partial charge is 0.340 e. The Kier molecular flexibility index (Phi) is 5.35.